The van der Waals surface area contributed by atoms with Gasteiger partial charge in [-0.3, -0.25) is 0 Å². The summed E-state index contributed by atoms with van der Waals surface area (Å²) in [5.74, 6) is 0.785. The van der Waals surface area contributed by atoms with Gasteiger partial charge in [0.25, 0.3) is 0 Å². The number of thiol groups is 1. The van der Waals surface area contributed by atoms with E-state index >= 15 is 0 Å². The molecule has 0 aliphatic carbocycles. The predicted octanol–water partition coefficient (Wildman–Crippen LogP) is 2.42. The van der Waals surface area contributed by atoms with Gasteiger partial charge in [-0.15, -0.1) is 0 Å². The van der Waals surface area contributed by atoms with E-state index in [4.69, 9.17) is 16.2 Å². The highest BCUT2D eigenvalue weighted by atomic mass is 32.1. The molecule has 20 heavy (non-hydrogen) atoms. The second-order valence-corrected chi connectivity index (χ2v) is 5.46. The lowest BCUT2D eigenvalue weighted by Crippen LogP contribution is -2.50. The third-order valence-electron chi connectivity index (χ3n) is 3.56. The van der Waals surface area contributed by atoms with Gasteiger partial charge in [-0.05, 0) is 30.2 Å². The molecule has 106 valence electrons. The molecule has 2 rings (SSSR count). The molecule has 0 radical (unpaired) electrons. The summed E-state index contributed by atoms with van der Waals surface area (Å²) in [6.45, 7) is 2.04. The lowest BCUT2D eigenvalue weighted by atomic mass is 9.83. The van der Waals surface area contributed by atoms with Crippen LogP contribution in [0, 0.1) is 6.92 Å². The van der Waals surface area contributed by atoms with Gasteiger partial charge in [-0.25, -0.2) is 0 Å². The molecule has 0 aliphatic heterocycles. The number of hydrogen-bond donors (Lipinski definition) is 3. The van der Waals surface area contributed by atoms with Crippen LogP contribution < -0.4 is 16.2 Å². The normalized spacial score (nSPS) is 15.4. The van der Waals surface area contributed by atoms with E-state index in [2.05, 4.69) is 12.6 Å². The summed E-state index contributed by atoms with van der Waals surface area (Å²) >= 11 is 4.40. The maximum absolute atomic E-state index is 6.58. The van der Waals surface area contributed by atoms with Gasteiger partial charge in [-0.2, -0.15) is 12.6 Å². The molecule has 2 unspecified atom stereocenters. The molecule has 2 aromatic carbocycles. The first-order chi connectivity index (χ1) is 9.48. The first kappa shape index (κ1) is 14.9. The van der Waals surface area contributed by atoms with Gasteiger partial charge in [-0.1, -0.05) is 42.0 Å². The molecule has 2 aromatic rings. The summed E-state index contributed by atoms with van der Waals surface area (Å²) in [6, 6.07) is 15.6. The topological polar surface area (TPSA) is 61.3 Å². The van der Waals surface area contributed by atoms with Crippen LogP contribution in [0.1, 0.15) is 16.7 Å². The molecule has 0 aromatic heterocycles. The van der Waals surface area contributed by atoms with E-state index in [1.54, 1.807) is 7.11 Å². The second kappa shape index (κ2) is 5.87. The molecule has 0 saturated heterocycles. The van der Waals surface area contributed by atoms with E-state index in [0.717, 1.165) is 16.9 Å². The average Bonchev–Trinajstić information content (AvgIpc) is 2.47. The van der Waals surface area contributed by atoms with E-state index in [9.17, 15) is 0 Å². The molecule has 0 amide bonds. The molecule has 0 aliphatic rings. The fraction of sp³-hybridized carbons (Fsp3) is 0.250. The van der Waals surface area contributed by atoms with Gasteiger partial charge in [0.2, 0.25) is 0 Å². The minimum absolute atomic E-state index is 0.515. The number of nitrogens with two attached hydrogens (primary N) is 2. The number of methoxy groups -OCH3 is 1. The number of hydrogen-bond acceptors (Lipinski definition) is 4. The van der Waals surface area contributed by atoms with E-state index in [1.165, 1.54) is 5.56 Å². The van der Waals surface area contributed by atoms with Gasteiger partial charge in [0, 0.05) is 0 Å². The monoisotopic (exact) mass is 288 g/mol. The largest absolute Gasteiger partial charge is 0.497 e. The van der Waals surface area contributed by atoms with Crippen molar-refractivity contribution in [3.63, 3.8) is 0 Å². The van der Waals surface area contributed by atoms with Crippen LogP contribution in [-0.2, 0) is 5.54 Å². The summed E-state index contributed by atoms with van der Waals surface area (Å²) in [6.07, 6.45) is 0. The minimum atomic E-state index is -0.844. The van der Waals surface area contributed by atoms with Gasteiger partial charge in [0.1, 0.15) is 5.75 Å². The maximum atomic E-state index is 6.58. The van der Waals surface area contributed by atoms with E-state index in [-0.39, 0.29) is 0 Å². The van der Waals surface area contributed by atoms with Gasteiger partial charge < -0.3 is 16.2 Å². The Bertz CT molecular complexity index is 566. The van der Waals surface area contributed by atoms with Crippen molar-refractivity contribution < 1.29 is 4.74 Å². The van der Waals surface area contributed by atoms with Crippen LogP contribution in [0.3, 0.4) is 0 Å². The van der Waals surface area contributed by atoms with Crippen LogP contribution in [0.4, 0.5) is 0 Å². The zero-order valence-electron chi connectivity index (χ0n) is 11.7. The number of ether oxygens (including phenoxy) is 1. The van der Waals surface area contributed by atoms with Crippen molar-refractivity contribution in [1.29, 1.82) is 0 Å². The number of rotatable bonds is 4. The summed E-state index contributed by atoms with van der Waals surface area (Å²) in [5, 5.41) is -0.515. The fourth-order valence-corrected chi connectivity index (χ4v) is 2.50. The Morgan fingerprint density at radius 3 is 1.85 bits per heavy atom. The van der Waals surface area contributed by atoms with Crippen LogP contribution in [0.2, 0.25) is 0 Å². The molecule has 0 spiro atoms. The first-order valence-corrected chi connectivity index (χ1v) is 6.94. The van der Waals surface area contributed by atoms with Gasteiger partial charge >= 0.3 is 0 Å². The van der Waals surface area contributed by atoms with Crippen molar-refractivity contribution in [2.24, 2.45) is 11.5 Å². The first-order valence-electron chi connectivity index (χ1n) is 6.42. The molecule has 4 N–H and O–H groups in total. The van der Waals surface area contributed by atoms with Crippen LogP contribution in [0.25, 0.3) is 0 Å². The van der Waals surface area contributed by atoms with Gasteiger partial charge in [0.05, 0.1) is 18.0 Å². The Hall–Kier alpha value is -1.49. The fourth-order valence-electron chi connectivity index (χ4n) is 2.20. The lowest BCUT2D eigenvalue weighted by Gasteiger charge is -2.34. The van der Waals surface area contributed by atoms with E-state index in [0.29, 0.717) is 0 Å². The number of aryl methyl sites for hydroxylation is 1. The lowest BCUT2D eigenvalue weighted by molar-refractivity contribution is 0.414. The highest BCUT2D eigenvalue weighted by Gasteiger charge is 2.34. The van der Waals surface area contributed by atoms with Crippen molar-refractivity contribution in [2.75, 3.05) is 7.11 Å². The average molecular weight is 288 g/mol. The van der Waals surface area contributed by atoms with Crippen LogP contribution in [0.15, 0.2) is 48.5 Å². The van der Waals surface area contributed by atoms with Gasteiger partial charge in [0.15, 0.2) is 0 Å². The highest BCUT2D eigenvalue weighted by molar-refractivity contribution is 7.81. The quantitative estimate of drug-likeness (QED) is 0.598. The molecule has 2 atom stereocenters. The van der Waals surface area contributed by atoms with Crippen LogP contribution in [-0.4, -0.2) is 12.5 Å². The maximum Gasteiger partial charge on any atom is 0.118 e. The molecule has 0 bridgehead atoms. The third-order valence-corrected chi connectivity index (χ3v) is 3.97. The molecular weight excluding hydrogens is 268 g/mol. The molecule has 0 fully saturated rings. The Balaban J connectivity index is 2.50. The standard InChI is InChI=1S/C16H20N2OS/c1-11-3-5-12(6-4-11)16(18,15(17)20)13-7-9-14(19-2)10-8-13/h3-10,15,20H,17-18H2,1-2H3. The predicted molar refractivity (Wildman–Crippen MR) is 86.1 cm³/mol. The zero-order chi connectivity index (χ0) is 14.8. The van der Waals surface area contributed by atoms with Crippen LogP contribution >= 0.6 is 12.6 Å². The van der Waals surface area contributed by atoms with E-state index in [1.807, 2.05) is 55.5 Å². The smallest absolute Gasteiger partial charge is 0.118 e. The molecule has 0 heterocycles. The zero-order valence-corrected chi connectivity index (χ0v) is 12.6. The SMILES string of the molecule is COc1ccc(C(N)(c2ccc(C)cc2)C(N)S)cc1. The highest BCUT2D eigenvalue weighted by Crippen LogP contribution is 2.32. The number of benzene rings is 2. The summed E-state index contributed by atoms with van der Waals surface area (Å²) in [4.78, 5) is 0. The molecular formula is C16H20N2OS. The van der Waals surface area contributed by atoms with Crippen molar-refractivity contribution in [1.82, 2.24) is 0 Å². The van der Waals surface area contributed by atoms with Crippen LogP contribution in [0.5, 0.6) is 5.75 Å². The Labute approximate surface area is 125 Å². The molecule has 0 saturated carbocycles. The summed E-state index contributed by atoms with van der Waals surface area (Å²) < 4.78 is 5.17. The minimum Gasteiger partial charge on any atom is -0.497 e. The van der Waals surface area contributed by atoms with Crippen molar-refractivity contribution >= 4 is 12.6 Å². The second-order valence-electron chi connectivity index (χ2n) is 4.91. The Morgan fingerprint density at radius 2 is 1.45 bits per heavy atom. The summed E-state index contributed by atoms with van der Waals surface area (Å²) in [7, 11) is 1.63. The summed E-state index contributed by atoms with van der Waals surface area (Å²) in [5.41, 5.74) is 14.8. The molecule has 3 nitrogen and oxygen atoms in total. The Morgan fingerprint density at radius 1 is 1.00 bits per heavy atom. The van der Waals surface area contributed by atoms with Crippen molar-refractivity contribution in [2.45, 2.75) is 17.8 Å². The Kier molecular flexibility index (Phi) is 4.38. The van der Waals surface area contributed by atoms with E-state index < -0.39 is 10.9 Å². The van der Waals surface area contributed by atoms with Crippen molar-refractivity contribution in [3.8, 4) is 5.75 Å². The third kappa shape index (κ3) is 2.68. The van der Waals surface area contributed by atoms with Crippen molar-refractivity contribution in [3.05, 3.63) is 65.2 Å². The molecule has 4 heteroatoms.